The van der Waals surface area contributed by atoms with Gasteiger partial charge in [-0.25, -0.2) is 4.79 Å². The molecule has 208 valence electrons. The summed E-state index contributed by atoms with van der Waals surface area (Å²) in [6, 6.07) is 7.95. The molecule has 2 aromatic rings. The van der Waals surface area contributed by atoms with Gasteiger partial charge in [0.15, 0.2) is 23.0 Å². The summed E-state index contributed by atoms with van der Waals surface area (Å²) in [5.74, 6) is 3.31. The molecule has 2 aromatic carbocycles. The Morgan fingerprint density at radius 3 is 1.95 bits per heavy atom. The molecule has 0 saturated carbocycles. The van der Waals surface area contributed by atoms with Crippen LogP contribution in [0.15, 0.2) is 29.8 Å². The summed E-state index contributed by atoms with van der Waals surface area (Å²) in [5.41, 5.74) is 4.05. The molecule has 0 aromatic heterocycles. The molecule has 1 heterocycles. The fourth-order valence-electron chi connectivity index (χ4n) is 5.48. The third-order valence-electron chi connectivity index (χ3n) is 7.47. The van der Waals surface area contributed by atoms with Gasteiger partial charge in [0, 0.05) is 18.7 Å². The summed E-state index contributed by atoms with van der Waals surface area (Å²) in [4.78, 5) is 14.4. The SMILES string of the molecule is COc1cc2c(cc1OC)CCCC/C(C(=O)[N+]1(Cc3cc(OC)c(OC)c(OC)c3)CCNCC1)=C\2.Cl. The lowest BCUT2D eigenvalue weighted by atomic mass is 9.92. The van der Waals surface area contributed by atoms with Gasteiger partial charge < -0.3 is 29.0 Å². The number of methoxy groups -OCH3 is 5. The van der Waals surface area contributed by atoms with Crippen molar-refractivity contribution in [3.8, 4) is 28.7 Å². The summed E-state index contributed by atoms with van der Waals surface area (Å²) < 4.78 is 28.1. The van der Waals surface area contributed by atoms with E-state index in [0.29, 0.717) is 47.1 Å². The van der Waals surface area contributed by atoms with Gasteiger partial charge in [0.2, 0.25) is 5.75 Å². The van der Waals surface area contributed by atoms with Gasteiger partial charge in [-0.3, -0.25) is 4.48 Å². The fourth-order valence-corrected chi connectivity index (χ4v) is 5.48. The molecule has 0 atom stereocenters. The van der Waals surface area contributed by atoms with Crippen LogP contribution in [0.5, 0.6) is 28.7 Å². The van der Waals surface area contributed by atoms with Crippen LogP contribution in [0.4, 0.5) is 0 Å². The number of carbonyl (C=O) groups is 1. The van der Waals surface area contributed by atoms with Crippen molar-refractivity contribution in [3.05, 3.63) is 46.5 Å². The largest absolute Gasteiger partial charge is 0.493 e. The lowest BCUT2D eigenvalue weighted by molar-refractivity contribution is -0.868. The van der Waals surface area contributed by atoms with Gasteiger partial charge in [-0.2, -0.15) is 0 Å². The first-order valence-corrected chi connectivity index (χ1v) is 12.8. The van der Waals surface area contributed by atoms with Crippen LogP contribution in [-0.4, -0.2) is 72.1 Å². The zero-order valence-corrected chi connectivity index (χ0v) is 23.9. The van der Waals surface area contributed by atoms with Crippen molar-refractivity contribution in [1.82, 2.24) is 5.32 Å². The van der Waals surface area contributed by atoms with Crippen molar-refractivity contribution in [2.24, 2.45) is 0 Å². The first-order chi connectivity index (χ1) is 18.0. The van der Waals surface area contributed by atoms with Gasteiger partial charge >= 0.3 is 5.91 Å². The molecule has 1 aliphatic carbocycles. The molecule has 2 aliphatic rings. The van der Waals surface area contributed by atoms with Crippen LogP contribution in [0.3, 0.4) is 0 Å². The molecule has 0 spiro atoms. The maximum absolute atomic E-state index is 14.4. The summed E-state index contributed by atoms with van der Waals surface area (Å²) in [5, 5.41) is 3.43. The standard InChI is InChI=1S/C29H39N2O6.ClH/c1-33-24-17-21-8-6-7-9-22(16-23(21)18-25(24)34-2)29(32)31(12-10-30-11-13-31)19-20-14-26(35-3)28(37-5)27(15-20)36-4;/h14-18,30H,6-13,19H2,1-5H3;1H/q+1;/b22-16+;. The van der Waals surface area contributed by atoms with Crippen molar-refractivity contribution >= 4 is 24.4 Å². The lowest BCUT2D eigenvalue weighted by Crippen LogP contribution is -2.61. The van der Waals surface area contributed by atoms with E-state index in [0.717, 1.165) is 61.2 Å². The Labute approximate surface area is 231 Å². The van der Waals surface area contributed by atoms with Gasteiger partial charge in [-0.15, -0.1) is 12.4 Å². The van der Waals surface area contributed by atoms with Crippen LogP contribution in [0, 0.1) is 0 Å². The number of nitrogens with one attached hydrogen (secondary N) is 1. The number of amides is 1. The average molecular weight is 548 g/mol. The van der Waals surface area contributed by atoms with Gasteiger partial charge in [0.05, 0.1) is 54.2 Å². The number of carbonyl (C=O) groups excluding carboxylic acids is 1. The van der Waals surface area contributed by atoms with Crippen LogP contribution >= 0.6 is 12.4 Å². The van der Waals surface area contributed by atoms with E-state index in [9.17, 15) is 4.79 Å². The topological polar surface area (TPSA) is 75.3 Å². The minimum absolute atomic E-state index is 0. The highest BCUT2D eigenvalue weighted by molar-refractivity contribution is 5.94. The van der Waals surface area contributed by atoms with E-state index in [4.69, 9.17) is 23.7 Å². The smallest absolute Gasteiger partial charge is 0.342 e. The number of piperazine rings is 1. The lowest BCUT2D eigenvalue weighted by Gasteiger charge is -2.40. The normalized spacial score (nSPS) is 17.9. The highest BCUT2D eigenvalue weighted by Gasteiger charge is 2.40. The van der Waals surface area contributed by atoms with E-state index in [1.165, 1.54) is 5.56 Å². The molecule has 1 fully saturated rings. The quantitative estimate of drug-likeness (QED) is 0.491. The van der Waals surface area contributed by atoms with Crippen LogP contribution in [0.25, 0.3) is 6.08 Å². The molecule has 1 N–H and O–H groups in total. The highest BCUT2D eigenvalue weighted by Crippen LogP contribution is 2.40. The number of hydrogen-bond acceptors (Lipinski definition) is 7. The van der Waals surface area contributed by atoms with Gasteiger partial charge in [-0.05, 0) is 67.2 Å². The second kappa shape index (κ2) is 13.2. The molecule has 4 rings (SSSR count). The Kier molecular flexibility index (Phi) is 10.3. The molecule has 0 radical (unpaired) electrons. The Hall–Kier alpha value is -2.94. The van der Waals surface area contributed by atoms with E-state index in [2.05, 4.69) is 11.4 Å². The molecule has 1 saturated heterocycles. The Balaban J connectivity index is 0.00000400. The number of benzene rings is 2. The van der Waals surface area contributed by atoms with Crippen LogP contribution in [0.1, 0.15) is 36.0 Å². The minimum atomic E-state index is 0. The molecule has 9 heteroatoms. The third kappa shape index (κ3) is 6.03. The summed E-state index contributed by atoms with van der Waals surface area (Å²) in [6.45, 7) is 3.54. The Morgan fingerprint density at radius 2 is 1.37 bits per heavy atom. The van der Waals surface area contributed by atoms with E-state index >= 15 is 0 Å². The number of nitrogens with zero attached hydrogens (tertiary/aromatic N) is 1. The van der Waals surface area contributed by atoms with Crippen LogP contribution in [-0.2, 0) is 17.8 Å². The van der Waals surface area contributed by atoms with E-state index in [1.54, 1.807) is 35.5 Å². The molecule has 38 heavy (non-hydrogen) atoms. The zero-order valence-electron chi connectivity index (χ0n) is 23.1. The summed E-state index contributed by atoms with van der Waals surface area (Å²) in [6.07, 6.45) is 5.77. The first-order valence-electron chi connectivity index (χ1n) is 12.8. The number of halogens is 1. The van der Waals surface area contributed by atoms with Crippen molar-refractivity contribution in [2.45, 2.75) is 32.2 Å². The van der Waals surface area contributed by atoms with Crippen molar-refractivity contribution in [3.63, 3.8) is 0 Å². The molecule has 1 amide bonds. The van der Waals surface area contributed by atoms with Crippen LogP contribution in [0.2, 0.25) is 0 Å². The fraction of sp³-hybridized carbons (Fsp3) is 0.483. The van der Waals surface area contributed by atoms with Gasteiger partial charge in [0.25, 0.3) is 0 Å². The first kappa shape index (κ1) is 29.6. The summed E-state index contributed by atoms with van der Waals surface area (Å²) >= 11 is 0. The predicted octanol–water partition coefficient (Wildman–Crippen LogP) is 4.41. The predicted molar refractivity (Wildman–Crippen MR) is 150 cm³/mol. The Morgan fingerprint density at radius 1 is 0.789 bits per heavy atom. The maximum Gasteiger partial charge on any atom is 0.342 e. The maximum atomic E-state index is 14.4. The van der Waals surface area contributed by atoms with Gasteiger partial charge in [-0.1, -0.05) is 0 Å². The van der Waals surface area contributed by atoms with Crippen LogP contribution < -0.4 is 29.0 Å². The molecule has 1 aliphatic heterocycles. The van der Waals surface area contributed by atoms with Gasteiger partial charge in [0.1, 0.15) is 6.54 Å². The molecule has 0 bridgehead atoms. The highest BCUT2D eigenvalue weighted by atomic mass is 35.5. The van der Waals surface area contributed by atoms with E-state index in [-0.39, 0.29) is 18.3 Å². The third-order valence-corrected chi connectivity index (χ3v) is 7.47. The number of fused-ring (bicyclic) bond motifs is 1. The van der Waals surface area contributed by atoms with Crippen molar-refractivity contribution < 1.29 is 33.0 Å². The second-order valence-electron chi connectivity index (χ2n) is 9.62. The van der Waals surface area contributed by atoms with Crippen molar-refractivity contribution in [2.75, 3.05) is 61.7 Å². The summed E-state index contributed by atoms with van der Waals surface area (Å²) in [7, 11) is 8.11. The number of ether oxygens (including phenoxy) is 5. The van der Waals surface area contributed by atoms with Crippen molar-refractivity contribution in [1.29, 1.82) is 0 Å². The number of quaternary nitrogens is 1. The number of hydrogen-bond donors (Lipinski definition) is 1. The minimum Gasteiger partial charge on any atom is -0.493 e. The molecule has 8 nitrogen and oxygen atoms in total. The molecule has 0 unspecified atom stereocenters. The molecular formula is C29H40ClN2O6+. The number of aryl methyl sites for hydroxylation is 1. The van der Waals surface area contributed by atoms with E-state index < -0.39 is 0 Å². The zero-order chi connectivity index (χ0) is 26.4. The molecular weight excluding hydrogens is 508 g/mol. The number of rotatable bonds is 8. The van der Waals surface area contributed by atoms with E-state index in [1.807, 2.05) is 24.3 Å². The average Bonchev–Trinajstić information content (AvgIpc) is 2.92. The Bertz CT molecular complexity index is 1130. The monoisotopic (exact) mass is 547 g/mol. The second-order valence-corrected chi connectivity index (χ2v) is 9.62.